The van der Waals surface area contributed by atoms with Crippen molar-refractivity contribution in [1.82, 2.24) is 0 Å². The monoisotopic (exact) mass is 358 g/mol. The smallest absolute Gasteiger partial charge is 0.330 e. The number of carbonyl (C=O) groups excluding carboxylic acids is 1. The largest absolute Gasteiger partial charge is 0.460 e. The molecular weight excluding hydrogens is 320 g/mol. The van der Waals surface area contributed by atoms with Crippen LogP contribution in [0.5, 0.6) is 0 Å². The van der Waals surface area contributed by atoms with E-state index in [4.69, 9.17) is 14.2 Å². The van der Waals surface area contributed by atoms with Crippen LogP contribution in [-0.4, -0.2) is 47.1 Å². The van der Waals surface area contributed by atoms with E-state index in [0.717, 1.165) is 35.7 Å². The predicted octanol–water partition coefficient (Wildman–Crippen LogP) is 4.82. The summed E-state index contributed by atoms with van der Waals surface area (Å²) in [5, 5.41) is 0. The van der Waals surface area contributed by atoms with Gasteiger partial charge in [0.2, 0.25) is 0 Å². The van der Waals surface area contributed by atoms with Crippen LogP contribution in [0, 0.1) is 0 Å². The van der Waals surface area contributed by atoms with Gasteiger partial charge in [-0.3, -0.25) is 0 Å². The Balaban J connectivity index is 3.84. The zero-order valence-corrected chi connectivity index (χ0v) is 17.6. The molecule has 0 N–H and O–H groups in total. The lowest BCUT2D eigenvalue weighted by Gasteiger charge is -2.43. The van der Waals surface area contributed by atoms with E-state index in [0.29, 0.717) is 19.8 Å². The van der Waals surface area contributed by atoms with Gasteiger partial charge in [-0.2, -0.15) is 0 Å². The van der Waals surface area contributed by atoms with Crippen molar-refractivity contribution in [2.45, 2.75) is 70.6 Å². The molecule has 0 aromatic heterocycles. The molecule has 24 heavy (non-hydrogen) atoms. The van der Waals surface area contributed by atoms with Crippen molar-refractivity contribution in [2.24, 2.45) is 0 Å². The molecule has 0 saturated heterocycles. The van der Waals surface area contributed by atoms with Crippen molar-refractivity contribution in [3.05, 3.63) is 12.7 Å². The second kappa shape index (κ2) is 12.7. The van der Waals surface area contributed by atoms with Gasteiger partial charge in [-0.25, -0.2) is 4.79 Å². The molecule has 0 aromatic carbocycles. The number of hydrogen-bond donors (Lipinski definition) is 0. The highest BCUT2D eigenvalue weighted by atomic mass is 28.3. The highest BCUT2D eigenvalue weighted by Crippen LogP contribution is 2.44. The first-order valence-corrected chi connectivity index (χ1v) is 11.7. The summed E-state index contributed by atoms with van der Waals surface area (Å²) in [6.45, 7) is 20.3. The van der Waals surface area contributed by atoms with Crippen LogP contribution in [0.2, 0.25) is 22.7 Å². The molecule has 0 aliphatic rings. The van der Waals surface area contributed by atoms with Crippen LogP contribution in [0.15, 0.2) is 12.7 Å². The topological polar surface area (TPSA) is 44.8 Å². The van der Waals surface area contributed by atoms with Crippen LogP contribution >= 0.6 is 0 Å². The average Bonchev–Trinajstić information content (AvgIpc) is 2.51. The molecule has 0 saturated carbocycles. The SMILES string of the molecule is C=CC(=O)OCCOCCOCCC[Si](C(C)C)(C(C)C)C(C)C. The lowest BCUT2D eigenvalue weighted by atomic mass is 10.5. The molecule has 5 heteroatoms. The van der Waals surface area contributed by atoms with E-state index >= 15 is 0 Å². The van der Waals surface area contributed by atoms with E-state index in [9.17, 15) is 4.79 Å². The normalized spacial score (nSPS) is 12.2. The third-order valence-electron chi connectivity index (χ3n) is 5.13. The Morgan fingerprint density at radius 2 is 1.33 bits per heavy atom. The quantitative estimate of drug-likeness (QED) is 0.193. The first-order chi connectivity index (χ1) is 11.3. The van der Waals surface area contributed by atoms with Crippen LogP contribution < -0.4 is 0 Å². The zero-order valence-electron chi connectivity index (χ0n) is 16.6. The highest BCUT2D eigenvalue weighted by Gasteiger charge is 2.41. The molecule has 0 rings (SSSR count). The number of esters is 1. The van der Waals surface area contributed by atoms with Crippen LogP contribution in [0.1, 0.15) is 48.0 Å². The molecule has 0 heterocycles. The maximum atomic E-state index is 10.8. The maximum absolute atomic E-state index is 10.8. The summed E-state index contributed by atoms with van der Waals surface area (Å²) >= 11 is 0. The molecule has 142 valence electrons. The van der Waals surface area contributed by atoms with E-state index in [2.05, 4.69) is 48.1 Å². The molecule has 0 radical (unpaired) electrons. The summed E-state index contributed by atoms with van der Waals surface area (Å²) in [6.07, 6.45) is 2.29. The minimum Gasteiger partial charge on any atom is -0.460 e. The van der Waals surface area contributed by atoms with Gasteiger partial charge in [-0.05, 0) is 6.42 Å². The fraction of sp³-hybridized carbons (Fsp3) is 0.842. The molecule has 0 aliphatic heterocycles. The van der Waals surface area contributed by atoms with Crippen molar-refractivity contribution in [3.63, 3.8) is 0 Å². The lowest BCUT2D eigenvalue weighted by molar-refractivity contribution is -0.139. The van der Waals surface area contributed by atoms with Crippen molar-refractivity contribution < 1.29 is 19.0 Å². The van der Waals surface area contributed by atoms with Gasteiger partial charge in [0.05, 0.1) is 27.9 Å². The maximum Gasteiger partial charge on any atom is 0.330 e. The van der Waals surface area contributed by atoms with Crippen molar-refractivity contribution in [3.8, 4) is 0 Å². The first kappa shape index (κ1) is 23.3. The van der Waals surface area contributed by atoms with E-state index < -0.39 is 14.0 Å². The minimum atomic E-state index is -1.30. The van der Waals surface area contributed by atoms with E-state index in [1.54, 1.807) is 0 Å². The predicted molar refractivity (Wildman–Crippen MR) is 103 cm³/mol. The molecule has 0 unspecified atom stereocenters. The molecule has 0 bridgehead atoms. The Bertz CT molecular complexity index is 332. The van der Waals surface area contributed by atoms with Crippen LogP contribution in [0.3, 0.4) is 0 Å². The Kier molecular flexibility index (Phi) is 12.3. The van der Waals surface area contributed by atoms with Gasteiger partial charge >= 0.3 is 5.97 Å². The van der Waals surface area contributed by atoms with Crippen LogP contribution in [0.25, 0.3) is 0 Å². The summed E-state index contributed by atoms with van der Waals surface area (Å²) < 4.78 is 15.9. The Morgan fingerprint density at radius 3 is 1.79 bits per heavy atom. The second-order valence-electron chi connectivity index (χ2n) is 7.28. The molecule has 0 aliphatic carbocycles. The van der Waals surface area contributed by atoms with Crippen molar-refractivity contribution >= 4 is 14.0 Å². The second-order valence-corrected chi connectivity index (χ2v) is 13.5. The summed E-state index contributed by atoms with van der Waals surface area (Å²) in [5.74, 6) is -0.414. The standard InChI is InChI=1S/C19H38O4Si/c1-8-19(20)23-14-13-22-12-11-21-10-9-15-24(16(2)3,17(4)5)18(6)7/h8,16-18H,1,9-15H2,2-7H3. The Hall–Kier alpha value is -0.653. The summed E-state index contributed by atoms with van der Waals surface area (Å²) in [7, 11) is -1.30. The summed E-state index contributed by atoms with van der Waals surface area (Å²) in [4.78, 5) is 10.8. The van der Waals surface area contributed by atoms with Gasteiger partial charge in [-0.1, -0.05) is 70.8 Å². The van der Waals surface area contributed by atoms with Gasteiger partial charge in [-0.15, -0.1) is 0 Å². The Labute approximate surface area is 150 Å². The molecule has 4 nitrogen and oxygen atoms in total. The van der Waals surface area contributed by atoms with Gasteiger partial charge in [0.25, 0.3) is 0 Å². The molecule has 0 amide bonds. The molecule has 0 fully saturated rings. The first-order valence-electron chi connectivity index (χ1n) is 9.23. The Morgan fingerprint density at radius 1 is 0.875 bits per heavy atom. The number of ether oxygens (including phenoxy) is 3. The summed E-state index contributed by atoms with van der Waals surface area (Å²) in [6, 6.07) is 1.33. The zero-order chi connectivity index (χ0) is 18.6. The van der Waals surface area contributed by atoms with E-state index in [1.165, 1.54) is 6.04 Å². The number of rotatable bonds is 14. The van der Waals surface area contributed by atoms with Gasteiger partial charge in [0, 0.05) is 12.7 Å². The van der Waals surface area contributed by atoms with Crippen LogP contribution in [0.4, 0.5) is 0 Å². The molecule has 0 aromatic rings. The minimum absolute atomic E-state index is 0.260. The number of carbonyl (C=O) groups is 1. The van der Waals surface area contributed by atoms with Gasteiger partial charge in [0.15, 0.2) is 0 Å². The van der Waals surface area contributed by atoms with E-state index in [1.807, 2.05) is 0 Å². The van der Waals surface area contributed by atoms with E-state index in [-0.39, 0.29) is 6.61 Å². The molecular formula is C19H38O4Si. The highest BCUT2D eigenvalue weighted by molar-refractivity contribution is 6.83. The fourth-order valence-corrected chi connectivity index (χ4v) is 10.4. The molecule has 0 atom stereocenters. The van der Waals surface area contributed by atoms with Crippen molar-refractivity contribution in [1.29, 1.82) is 0 Å². The number of hydrogen-bond acceptors (Lipinski definition) is 4. The third-order valence-corrected chi connectivity index (χ3v) is 12.8. The van der Waals surface area contributed by atoms with Crippen molar-refractivity contribution in [2.75, 3.05) is 33.0 Å². The van der Waals surface area contributed by atoms with Gasteiger partial charge < -0.3 is 14.2 Å². The van der Waals surface area contributed by atoms with Gasteiger partial charge in [0.1, 0.15) is 6.61 Å². The lowest BCUT2D eigenvalue weighted by Crippen LogP contribution is -2.44. The third kappa shape index (κ3) is 7.95. The average molecular weight is 359 g/mol. The summed E-state index contributed by atoms with van der Waals surface area (Å²) in [5.41, 5.74) is 2.41. The van der Waals surface area contributed by atoms with Crippen LogP contribution in [-0.2, 0) is 19.0 Å². The molecule has 0 spiro atoms. The fourth-order valence-electron chi connectivity index (χ4n) is 3.93.